The van der Waals surface area contributed by atoms with Crippen LogP contribution in [-0.4, -0.2) is 43.4 Å². The second-order valence-corrected chi connectivity index (χ2v) is 8.44. The molecule has 0 aliphatic carbocycles. The number of ether oxygens (including phenoxy) is 2. The lowest BCUT2D eigenvalue weighted by Gasteiger charge is -2.16. The maximum absolute atomic E-state index is 13.2. The quantitative estimate of drug-likeness (QED) is 0.363. The Morgan fingerprint density at radius 2 is 1.63 bits per heavy atom. The Bertz CT molecular complexity index is 967. The standard InChI is InChI=1S/C23H23NO5S/c1-15(2)30-20-19(16-7-5-4-6-8-16)21(25)24(22(20)26)18-11-9-17(10-12-18)23(27)29-14-13-28-3/h4-12,15H,13-14H2,1-3H3. The Balaban J connectivity index is 1.88. The maximum atomic E-state index is 13.2. The van der Waals surface area contributed by atoms with Crippen LogP contribution >= 0.6 is 11.8 Å². The molecular weight excluding hydrogens is 402 g/mol. The third-order valence-corrected chi connectivity index (χ3v) is 5.43. The van der Waals surface area contributed by atoms with Crippen molar-refractivity contribution >= 4 is 40.8 Å². The molecular formula is C23H23NO5S. The highest BCUT2D eigenvalue weighted by Crippen LogP contribution is 2.39. The Morgan fingerprint density at radius 1 is 0.967 bits per heavy atom. The number of esters is 1. The molecule has 0 radical (unpaired) electrons. The van der Waals surface area contributed by atoms with Crippen LogP contribution in [0, 0.1) is 0 Å². The molecule has 0 fully saturated rings. The predicted molar refractivity (Wildman–Crippen MR) is 117 cm³/mol. The lowest BCUT2D eigenvalue weighted by Crippen LogP contribution is -2.31. The molecule has 0 bridgehead atoms. The number of benzene rings is 2. The van der Waals surface area contributed by atoms with E-state index in [0.29, 0.717) is 33.9 Å². The first kappa shape index (κ1) is 21.8. The molecule has 0 unspecified atom stereocenters. The first-order chi connectivity index (χ1) is 14.4. The fourth-order valence-corrected chi connectivity index (χ4v) is 3.98. The summed E-state index contributed by atoms with van der Waals surface area (Å²) in [5.74, 6) is -1.21. The number of nitrogens with zero attached hydrogens (tertiary/aromatic N) is 1. The van der Waals surface area contributed by atoms with E-state index in [-0.39, 0.29) is 23.7 Å². The summed E-state index contributed by atoms with van der Waals surface area (Å²) in [5, 5.41) is 0.139. The number of carbonyl (C=O) groups is 3. The molecule has 1 heterocycles. The van der Waals surface area contributed by atoms with Crippen LogP contribution in [0.25, 0.3) is 5.57 Å². The highest BCUT2D eigenvalue weighted by Gasteiger charge is 2.40. The second kappa shape index (κ2) is 9.73. The van der Waals surface area contributed by atoms with Gasteiger partial charge in [-0.3, -0.25) is 9.59 Å². The van der Waals surface area contributed by atoms with Crippen molar-refractivity contribution in [2.75, 3.05) is 25.2 Å². The van der Waals surface area contributed by atoms with E-state index >= 15 is 0 Å². The molecule has 2 amide bonds. The number of thioether (sulfide) groups is 1. The summed E-state index contributed by atoms with van der Waals surface area (Å²) < 4.78 is 9.95. The van der Waals surface area contributed by atoms with Crippen LogP contribution in [0.2, 0.25) is 0 Å². The van der Waals surface area contributed by atoms with Gasteiger partial charge in [0.1, 0.15) is 6.61 Å². The normalized spacial score (nSPS) is 14.1. The van der Waals surface area contributed by atoms with Crippen molar-refractivity contribution in [2.45, 2.75) is 19.1 Å². The van der Waals surface area contributed by atoms with Crippen molar-refractivity contribution < 1.29 is 23.9 Å². The maximum Gasteiger partial charge on any atom is 0.338 e. The van der Waals surface area contributed by atoms with E-state index in [0.717, 1.165) is 4.90 Å². The van der Waals surface area contributed by atoms with Gasteiger partial charge in [-0.2, -0.15) is 0 Å². The first-order valence-corrected chi connectivity index (χ1v) is 10.4. The number of carbonyl (C=O) groups excluding carboxylic acids is 3. The van der Waals surface area contributed by atoms with Crippen LogP contribution in [0.4, 0.5) is 5.69 Å². The number of hydrogen-bond donors (Lipinski definition) is 0. The van der Waals surface area contributed by atoms with Crippen LogP contribution in [0.1, 0.15) is 29.8 Å². The molecule has 1 aliphatic rings. The van der Waals surface area contributed by atoms with Crippen LogP contribution in [0.15, 0.2) is 59.5 Å². The van der Waals surface area contributed by atoms with Gasteiger partial charge in [0.15, 0.2) is 0 Å². The Kier molecular flexibility index (Phi) is 7.07. The largest absolute Gasteiger partial charge is 0.460 e. The molecule has 0 aromatic heterocycles. The molecule has 2 aromatic rings. The molecule has 0 spiro atoms. The van der Waals surface area contributed by atoms with Crippen molar-refractivity contribution in [1.29, 1.82) is 0 Å². The smallest absolute Gasteiger partial charge is 0.338 e. The van der Waals surface area contributed by atoms with Crippen molar-refractivity contribution in [3.05, 3.63) is 70.6 Å². The van der Waals surface area contributed by atoms with Gasteiger partial charge in [0.25, 0.3) is 11.8 Å². The Hall–Kier alpha value is -2.90. The van der Waals surface area contributed by atoms with E-state index in [1.54, 1.807) is 24.3 Å². The van der Waals surface area contributed by atoms with Gasteiger partial charge < -0.3 is 9.47 Å². The SMILES string of the molecule is COCCOC(=O)c1ccc(N2C(=O)C(SC(C)C)=C(c3ccccc3)C2=O)cc1. The molecule has 3 rings (SSSR count). The average Bonchev–Trinajstić information content (AvgIpc) is 2.98. The molecule has 156 valence electrons. The van der Waals surface area contributed by atoms with E-state index in [9.17, 15) is 14.4 Å². The van der Waals surface area contributed by atoms with Crippen molar-refractivity contribution in [3.63, 3.8) is 0 Å². The average molecular weight is 426 g/mol. The summed E-state index contributed by atoms with van der Waals surface area (Å²) in [6.07, 6.45) is 0. The van der Waals surface area contributed by atoms with Crippen molar-refractivity contribution in [1.82, 2.24) is 0 Å². The van der Waals surface area contributed by atoms with Crippen LogP contribution in [0.5, 0.6) is 0 Å². The lowest BCUT2D eigenvalue weighted by atomic mass is 10.1. The zero-order valence-corrected chi connectivity index (χ0v) is 17.9. The highest BCUT2D eigenvalue weighted by atomic mass is 32.2. The minimum absolute atomic E-state index is 0.139. The fraction of sp³-hybridized carbons (Fsp3) is 0.261. The van der Waals surface area contributed by atoms with Crippen LogP contribution < -0.4 is 4.90 Å². The monoisotopic (exact) mass is 425 g/mol. The lowest BCUT2D eigenvalue weighted by molar-refractivity contribution is -0.119. The number of amides is 2. The van der Waals surface area contributed by atoms with E-state index < -0.39 is 5.97 Å². The number of hydrogen-bond acceptors (Lipinski definition) is 6. The molecule has 0 saturated heterocycles. The number of anilines is 1. The minimum Gasteiger partial charge on any atom is -0.460 e. The molecule has 0 N–H and O–H groups in total. The molecule has 0 atom stereocenters. The number of imide groups is 1. The third kappa shape index (κ3) is 4.63. The highest BCUT2D eigenvalue weighted by molar-refractivity contribution is 8.04. The van der Waals surface area contributed by atoms with Gasteiger partial charge in [-0.1, -0.05) is 44.2 Å². The van der Waals surface area contributed by atoms with Gasteiger partial charge in [0.05, 0.1) is 28.3 Å². The van der Waals surface area contributed by atoms with Gasteiger partial charge in [-0.15, -0.1) is 11.8 Å². The van der Waals surface area contributed by atoms with Crippen molar-refractivity contribution in [2.24, 2.45) is 0 Å². The summed E-state index contributed by atoms with van der Waals surface area (Å²) in [7, 11) is 1.52. The van der Waals surface area contributed by atoms with Gasteiger partial charge in [0.2, 0.25) is 0 Å². The summed E-state index contributed by atoms with van der Waals surface area (Å²) in [6, 6.07) is 15.4. The van der Waals surface area contributed by atoms with Gasteiger partial charge in [0, 0.05) is 12.4 Å². The summed E-state index contributed by atoms with van der Waals surface area (Å²) in [5.41, 5.74) is 1.86. The molecule has 1 aliphatic heterocycles. The zero-order valence-electron chi connectivity index (χ0n) is 17.1. The van der Waals surface area contributed by atoms with E-state index in [2.05, 4.69) is 0 Å². The number of methoxy groups -OCH3 is 1. The molecule has 6 nitrogen and oxygen atoms in total. The van der Waals surface area contributed by atoms with Crippen molar-refractivity contribution in [3.8, 4) is 0 Å². The molecule has 30 heavy (non-hydrogen) atoms. The fourth-order valence-electron chi connectivity index (χ4n) is 3.00. The topological polar surface area (TPSA) is 72.9 Å². The van der Waals surface area contributed by atoms with Crippen LogP contribution in [0.3, 0.4) is 0 Å². The minimum atomic E-state index is -0.489. The molecule has 7 heteroatoms. The third-order valence-electron chi connectivity index (χ3n) is 4.34. The first-order valence-electron chi connectivity index (χ1n) is 9.55. The van der Waals surface area contributed by atoms with Crippen LogP contribution in [-0.2, 0) is 19.1 Å². The van der Waals surface area contributed by atoms with Gasteiger partial charge in [-0.25, -0.2) is 9.69 Å². The molecule has 2 aromatic carbocycles. The van der Waals surface area contributed by atoms with E-state index in [1.165, 1.54) is 18.9 Å². The number of rotatable bonds is 8. The predicted octanol–water partition coefficient (Wildman–Crippen LogP) is 3.92. The summed E-state index contributed by atoms with van der Waals surface area (Å²) in [6.45, 7) is 4.42. The second-order valence-electron chi connectivity index (χ2n) is 6.86. The van der Waals surface area contributed by atoms with Gasteiger partial charge >= 0.3 is 5.97 Å². The van der Waals surface area contributed by atoms with E-state index in [4.69, 9.17) is 9.47 Å². The van der Waals surface area contributed by atoms with Gasteiger partial charge in [-0.05, 0) is 29.8 Å². The Labute approximate surface area is 179 Å². The molecule has 0 saturated carbocycles. The summed E-state index contributed by atoms with van der Waals surface area (Å²) >= 11 is 1.38. The zero-order chi connectivity index (χ0) is 21.7. The Morgan fingerprint density at radius 3 is 2.23 bits per heavy atom. The summed E-state index contributed by atoms with van der Waals surface area (Å²) in [4.78, 5) is 40.0. The van der Waals surface area contributed by atoms with E-state index in [1.807, 2.05) is 44.2 Å².